The Hall–Kier alpha value is -3.67. The number of carbonyl (C=O) groups excluding carboxylic acids is 1. The van der Waals surface area contributed by atoms with Crippen molar-refractivity contribution in [1.29, 1.82) is 0 Å². The minimum Gasteiger partial charge on any atom is -0.454 e. The van der Waals surface area contributed by atoms with Crippen molar-refractivity contribution >= 4 is 17.6 Å². The number of hydrogen-bond acceptors (Lipinski definition) is 6. The molecule has 1 fully saturated rings. The van der Waals surface area contributed by atoms with E-state index in [9.17, 15) is 4.79 Å². The van der Waals surface area contributed by atoms with Crippen LogP contribution in [0.25, 0.3) is 11.8 Å². The van der Waals surface area contributed by atoms with Crippen LogP contribution in [0.5, 0.6) is 23.0 Å². The van der Waals surface area contributed by atoms with E-state index in [1.54, 1.807) is 0 Å². The highest BCUT2D eigenvalue weighted by atomic mass is 16.7. The van der Waals surface area contributed by atoms with Gasteiger partial charge in [-0.1, -0.05) is 24.3 Å². The van der Waals surface area contributed by atoms with Gasteiger partial charge in [0, 0.05) is 35.4 Å². The average Bonchev–Trinajstić information content (AvgIpc) is 3.22. The molecule has 1 saturated carbocycles. The van der Waals surface area contributed by atoms with Gasteiger partial charge in [-0.15, -0.1) is 0 Å². The predicted octanol–water partition coefficient (Wildman–Crippen LogP) is 4.65. The topological polar surface area (TPSA) is 57.2 Å². The van der Waals surface area contributed by atoms with E-state index in [-0.39, 0.29) is 25.4 Å². The standard InChI is InChI=1S/C28H23NO5/c30-23(17-2-1-15-7-19(15)8-17)12-22-27-18(3-4-24-28(27)34-14-31-24)9-21-20-11-26-25(32-13-33-26)10-16(20)5-6-29(21)22/h1-4,8-11,15,19,22H,5-7,12-14H2. The van der Waals surface area contributed by atoms with Crippen LogP contribution in [0.3, 0.4) is 0 Å². The van der Waals surface area contributed by atoms with Gasteiger partial charge in [-0.3, -0.25) is 4.79 Å². The first-order valence-electron chi connectivity index (χ1n) is 12.0. The Kier molecular flexibility index (Phi) is 3.68. The number of Topliss-reactive ketones (excluding diaryl/α,β-unsaturated/α-hetero) is 1. The van der Waals surface area contributed by atoms with Crippen LogP contribution in [-0.2, 0) is 11.2 Å². The molecule has 170 valence electrons. The summed E-state index contributed by atoms with van der Waals surface area (Å²) in [6.07, 6.45) is 11.1. The first-order valence-corrected chi connectivity index (χ1v) is 12.0. The van der Waals surface area contributed by atoms with Gasteiger partial charge in [-0.2, -0.15) is 0 Å². The molecule has 2 aromatic carbocycles. The van der Waals surface area contributed by atoms with Crippen LogP contribution in [0.15, 0.2) is 48.1 Å². The van der Waals surface area contributed by atoms with Crippen molar-refractivity contribution in [2.24, 2.45) is 11.8 Å². The monoisotopic (exact) mass is 453 g/mol. The zero-order valence-corrected chi connectivity index (χ0v) is 18.6. The second kappa shape index (κ2) is 6.69. The minimum absolute atomic E-state index is 0.121. The predicted molar refractivity (Wildman–Crippen MR) is 125 cm³/mol. The molecule has 0 radical (unpaired) electrons. The number of nitrogens with zero attached hydrogens (tertiary/aromatic N) is 1. The Bertz CT molecular complexity index is 1370. The summed E-state index contributed by atoms with van der Waals surface area (Å²) in [7, 11) is 0. The molecule has 2 aliphatic carbocycles. The maximum Gasteiger partial charge on any atom is 0.231 e. The highest BCUT2D eigenvalue weighted by Gasteiger charge is 2.40. The largest absolute Gasteiger partial charge is 0.454 e. The molecule has 4 heterocycles. The molecule has 0 spiro atoms. The van der Waals surface area contributed by atoms with Crippen LogP contribution in [0.2, 0.25) is 0 Å². The lowest BCUT2D eigenvalue weighted by molar-refractivity contribution is -0.116. The molecule has 6 aliphatic rings. The zero-order valence-electron chi connectivity index (χ0n) is 18.6. The van der Waals surface area contributed by atoms with Crippen LogP contribution < -0.4 is 18.9 Å². The van der Waals surface area contributed by atoms with Gasteiger partial charge in [0.25, 0.3) is 0 Å². The SMILES string of the molecule is O=C(CC1c2c(ccc3c2OCO3)C=C2c3cc4c(cc3CCN21)OCO4)C1=CC2CC2C=C1. The summed E-state index contributed by atoms with van der Waals surface area (Å²) in [5.74, 6) is 4.50. The highest BCUT2D eigenvalue weighted by molar-refractivity contribution is 5.99. The molecule has 6 nitrogen and oxygen atoms in total. The summed E-state index contributed by atoms with van der Waals surface area (Å²) in [5.41, 5.74) is 6.50. The Labute approximate surface area is 197 Å². The van der Waals surface area contributed by atoms with Crippen molar-refractivity contribution in [3.8, 4) is 23.0 Å². The maximum absolute atomic E-state index is 13.5. The van der Waals surface area contributed by atoms with E-state index < -0.39 is 0 Å². The third-order valence-corrected chi connectivity index (χ3v) is 7.93. The molecule has 3 atom stereocenters. The fourth-order valence-electron chi connectivity index (χ4n) is 6.07. The van der Waals surface area contributed by atoms with E-state index in [0.717, 1.165) is 63.9 Å². The van der Waals surface area contributed by atoms with Crippen molar-refractivity contribution in [2.45, 2.75) is 25.3 Å². The molecule has 0 saturated heterocycles. The van der Waals surface area contributed by atoms with Gasteiger partial charge in [-0.25, -0.2) is 0 Å². The van der Waals surface area contributed by atoms with Crippen LogP contribution in [-0.4, -0.2) is 30.8 Å². The van der Waals surface area contributed by atoms with Crippen molar-refractivity contribution in [3.63, 3.8) is 0 Å². The Morgan fingerprint density at radius 3 is 2.76 bits per heavy atom. The number of rotatable bonds is 3. The quantitative estimate of drug-likeness (QED) is 0.675. The third-order valence-electron chi connectivity index (χ3n) is 7.93. The van der Waals surface area contributed by atoms with Crippen LogP contribution in [0.1, 0.15) is 41.1 Å². The molecular weight excluding hydrogens is 430 g/mol. The molecule has 34 heavy (non-hydrogen) atoms. The second-order valence-corrected chi connectivity index (χ2v) is 9.83. The average molecular weight is 453 g/mol. The highest BCUT2D eigenvalue weighted by Crippen LogP contribution is 2.52. The van der Waals surface area contributed by atoms with Crippen LogP contribution >= 0.6 is 0 Å². The maximum atomic E-state index is 13.5. The fourth-order valence-corrected chi connectivity index (χ4v) is 6.07. The van der Waals surface area contributed by atoms with E-state index in [1.165, 1.54) is 12.0 Å². The lowest BCUT2D eigenvalue weighted by Gasteiger charge is -2.43. The molecule has 6 heteroatoms. The summed E-state index contributed by atoms with van der Waals surface area (Å²) in [6, 6.07) is 8.13. The second-order valence-electron chi connectivity index (χ2n) is 9.83. The van der Waals surface area contributed by atoms with E-state index in [2.05, 4.69) is 41.3 Å². The zero-order chi connectivity index (χ0) is 22.4. The number of hydrogen-bond donors (Lipinski definition) is 0. The van der Waals surface area contributed by atoms with Gasteiger partial charge in [0.05, 0.1) is 6.04 Å². The normalized spacial score (nSPS) is 26.1. The molecule has 4 aliphatic heterocycles. The number of carbonyl (C=O) groups is 1. The van der Waals surface area contributed by atoms with E-state index in [4.69, 9.17) is 18.9 Å². The van der Waals surface area contributed by atoms with Gasteiger partial charge < -0.3 is 23.8 Å². The number of fused-ring (bicyclic) bond motifs is 8. The van der Waals surface area contributed by atoms with Crippen LogP contribution in [0, 0.1) is 11.8 Å². The Morgan fingerprint density at radius 2 is 1.85 bits per heavy atom. The van der Waals surface area contributed by atoms with Crippen molar-refractivity contribution in [2.75, 3.05) is 20.1 Å². The van der Waals surface area contributed by atoms with Crippen LogP contribution in [0.4, 0.5) is 0 Å². The first kappa shape index (κ1) is 18.7. The number of allylic oxidation sites excluding steroid dienone is 4. The molecule has 3 unspecified atom stereocenters. The smallest absolute Gasteiger partial charge is 0.231 e. The van der Waals surface area contributed by atoms with Gasteiger partial charge in [-0.05, 0) is 60.1 Å². The molecule has 2 aromatic rings. The number of ketones is 1. The minimum atomic E-state index is -0.121. The van der Waals surface area contributed by atoms with Crippen molar-refractivity contribution in [3.05, 3.63) is 70.3 Å². The Balaban J connectivity index is 1.25. The van der Waals surface area contributed by atoms with E-state index in [0.29, 0.717) is 18.3 Å². The Morgan fingerprint density at radius 1 is 1.00 bits per heavy atom. The molecule has 0 aromatic heterocycles. The molecule has 8 rings (SSSR count). The molecule has 0 amide bonds. The van der Waals surface area contributed by atoms with Gasteiger partial charge in [0.2, 0.25) is 13.6 Å². The lowest BCUT2D eigenvalue weighted by atomic mass is 9.83. The number of ether oxygens (including phenoxy) is 4. The summed E-state index contributed by atoms with van der Waals surface area (Å²) in [4.78, 5) is 15.9. The van der Waals surface area contributed by atoms with E-state index >= 15 is 0 Å². The van der Waals surface area contributed by atoms with E-state index in [1.807, 2.05) is 12.1 Å². The first-order chi connectivity index (χ1) is 16.7. The lowest BCUT2D eigenvalue weighted by Crippen LogP contribution is -2.37. The molecular formula is C28H23NO5. The summed E-state index contributed by atoms with van der Waals surface area (Å²) >= 11 is 0. The third kappa shape index (κ3) is 2.65. The summed E-state index contributed by atoms with van der Waals surface area (Å²) < 4.78 is 22.9. The summed E-state index contributed by atoms with van der Waals surface area (Å²) in [5, 5.41) is 0. The molecule has 0 bridgehead atoms. The molecule has 0 N–H and O–H groups in total. The van der Waals surface area contributed by atoms with Crippen molar-refractivity contribution < 1.29 is 23.7 Å². The summed E-state index contributed by atoms with van der Waals surface area (Å²) in [6.45, 7) is 1.29. The van der Waals surface area contributed by atoms with Gasteiger partial charge >= 0.3 is 0 Å². The van der Waals surface area contributed by atoms with Crippen molar-refractivity contribution in [1.82, 2.24) is 4.90 Å². The van der Waals surface area contributed by atoms with Gasteiger partial charge in [0.1, 0.15) is 0 Å². The van der Waals surface area contributed by atoms with Gasteiger partial charge in [0.15, 0.2) is 28.8 Å². The number of benzene rings is 2. The fraction of sp³-hybridized carbons (Fsp3) is 0.321.